The van der Waals surface area contributed by atoms with Gasteiger partial charge >= 0.3 is 0 Å². The van der Waals surface area contributed by atoms with E-state index in [1.54, 1.807) is 0 Å². The lowest BCUT2D eigenvalue weighted by atomic mass is 10.1. The van der Waals surface area contributed by atoms with Crippen molar-refractivity contribution in [3.8, 4) is 0 Å². The lowest BCUT2D eigenvalue weighted by Crippen LogP contribution is -2.21. The second kappa shape index (κ2) is 8.04. The summed E-state index contributed by atoms with van der Waals surface area (Å²) in [6, 6.07) is 9.10. The molecule has 0 aromatic heterocycles. The fourth-order valence-electron chi connectivity index (χ4n) is 1.42. The van der Waals surface area contributed by atoms with E-state index in [0.29, 0.717) is 19.3 Å². The van der Waals surface area contributed by atoms with Gasteiger partial charge in [0.25, 0.3) is 0 Å². The first-order valence-corrected chi connectivity index (χ1v) is 6.22. The van der Waals surface area contributed by atoms with Crippen LogP contribution in [0.1, 0.15) is 31.9 Å². The van der Waals surface area contributed by atoms with E-state index in [2.05, 4.69) is 43.4 Å². The molecule has 2 heteroatoms. The van der Waals surface area contributed by atoms with Gasteiger partial charge in [-0.1, -0.05) is 50.3 Å². The van der Waals surface area contributed by atoms with E-state index in [1.165, 1.54) is 11.1 Å². The van der Waals surface area contributed by atoms with Crippen molar-refractivity contribution in [1.29, 1.82) is 0 Å². The molecule has 0 aliphatic carbocycles. The Labute approximate surface area is 105 Å². The Morgan fingerprint density at radius 2 is 1.82 bits per heavy atom. The van der Waals surface area contributed by atoms with Gasteiger partial charge < -0.3 is 10.1 Å². The highest BCUT2D eigenvalue weighted by Gasteiger charge is 1.96. The van der Waals surface area contributed by atoms with Crippen LogP contribution in [0.25, 0.3) is 0 Å². The molecule has 0 saturated heterocycles. The molecule has 1 aromatic carbocycles. The molecule has 0 heterocycles. The highest BCUT2D eigenvalue weighted by molar-refractivity contribution is 5.21. The minimum atomic E-state index is 0.527. The van der Waals surface area contributed by atoms with E-state index < -0.39 is 0 Å². The lowest BCUT2D eigenvalue weighted by Gasteiger charge is -2.08. The minimum Gasteiger partial charge on any atom is -0.373 e. The van der Waals surface area contributed by atoms with Crippen LogP contribution in [0, 0.1) is 0 Å². The first kappa shape index (κ1) is 13.9. The summed E-state index contributed by atoms with van der Waals surface area (Å²) in [6.07, 6.45) is 4.02. The number of hydrogen-bond acceptors (Lipinski definition) is 2. The molecule has 0 amide bonds. The summed E-state index contributed by atoms with van der Waals surface area (Å²) < 4.78 is 5.50. The van der Waals surface area contributed by atoms with Crippen molar-refractivity contribution in [3.05, 3.63) is 47.5 Å². The smallest absolute Gasteiger partial charge is 0.0721 e. The van der Waals surface area contributed by atoms with Gasteiger partial charge in [-0.15, -0.1) is 0 Å². The zero-order valence-corrected chi connectivity index (χ0v) is 11.1. The van der Waals surface area contributed by atoms with Crippen molar-refractivity contribution in [2.24, 2.45) is 0 Å². The molecule has 0 saturated carbocycles. The van der Waals surface area contributed by atoms with Crippen molar-refractivity contribution in [2.45, 2.75) is 40.0 Å². The van der Waals surface area contributed by atoms with Crippen LogP contribution in [0.4, 0.5) is 0 Å². The van der Waals surface area contributed by atoms with Crippen LogP contribution in [-0.2, 0) is 17.9 Å². The van der Waals surface area contributed by atoms with Crippen molar-refractivity contribution >= 4 is 0 Å². The van der Waals surface area contributed by atoms with E-state index in [0.717, 1.165) is 6.54 Å². The summed E-state index contributed by atoms with van der Waals surface area (Å²) in [6.45, 7) is 8.61. The molecule has 0 aliphatic heterocycles. The number of rotatable bonds is 7. The van der Waals surface area contributed by atoms with Crippen molar-refractivity contribution in [3.63, 3.8) is 0 Å². The van der Waals surface area contributed by atoms with Gasteiger partial charge in [-0.3, -0.25) is 0 Å². The summed E-state index contributed by atoms with van der Waals surface area (Å²) in [4.78, 5) is 0. The predicted molar refractivity (Wildman–Crippen MR) is 72.9 cm³/mol. The molecular formula is C15H23NO. The summed E-state index contributed by atoms with van der Waals surface area (Å²) in [5.74, 6) is 0. The molecule has 1 N–H and O–H groups in total. The number of hydrogen-bond donors (Lipinski definition) is 1. The summed E-state index contributed by atoms with van der Waals surface area (Å²) in [7, 11) is 0. The Balaban J connectivity index is 2.34. The Kier molecular flexibility index (Phi) is 6.60. The fourth-order valence-corrected chi connectivity index (χ4v) is 1.42. The van der Waals surface area contributed by atoms with Crippen LogP contribution in [0.3, 0.4) is 0 Å². The predicted octanol–water partition coefficient (Wildman–Crippen LogP) is 3.28. The Bertz CT molecular complexity index is 327. The van der Waals surface area contributed by atoms with Gasteiger partial charge in [0.15, 0.2) is 0 Å². The molecule has 1 rings (SSSR count). The quantitative estimate of drug-likeness (QED) is 0.576. The third-order valence-electron chi connectivity index (χ3n) is 2.46. The van der Waals surface area contributed by atoms with E-state index in [1.807, 2.05) is 19.1 Å². The fraction of sp³-hybridized carbons (Fsp3) is 0.467. The maximum Gasteiger partial charge on any atom is 0.0721 e. The van der Waals surface area contributed by atoms with Crippen LogP contribution in [0.2, 0.25) is 0 Å². The monoisotopic (exact) mass is 233 g/mol. The number of ether oxygens (including phenoxy) is 1. The largest absolute Gasteiger partial charge is 0.373 e. The SMILES string of the molecule is C/C=C/COCc1ccc(CNC(C)C)cc1. The number of benzene rings is 1. The molecule has 94 valence electrons. The summed E-state index contributed by atoms with van der Waals surface area (Å²) in [5.41, 5.74) is 2.54. The van der Waals surface area contributed by atoms with Crippen LogP contribution in [0.5, 0.6) is 0 Å². The maximum absolute atomic E-state index is 5.50. The summed E-state index contributed by atoms with van der Waals surface area (Å²) >= 11 is 0. The third kappa shape index (κ3) is 6.25. The average molecular weight is 233 g/mol. The molecular weight excluding hydrogens is 210 g/mol. The molecule has 1 aromatic rings. The molecule has 0 bridgehead atoms. The first-order chi connectivity index (χ1) is 8.22. The minimum absolute atomic E-state index is 0.527. The lowest BCUT2D eigenvalue weighted by molar-refractivity contribution is 0.148. The van der Waals surface area contributed by atoms with Gasteiger partial charge in [-0.2, -0.15) is 0 Å². The maximum atomic E-state index is 5.50. The Hall–Kier alpha value is -1.12. The molecule has 0 spiro atoms. The average Bonchev–Trinajstić information content (AvgIpc) is 2.33. The van der Waals surface area contributed by atoms with Gasteiger partial charge in [-0.05, 0) is 18.1 Å². The van der Waals surface area contributed by atoms with Crippen LogP contribution in [-0.4, -0.2) is 12.6 Å². The number of nitrogens with one attached hydrogen (secondary N) is 1. The molecule has 2 nitrogen and oxygen atoms in total. The molecule has 0 atom stereocenters. The van der Waals surface area contributed by atoms with Crippen LogP contribution < -0.4 is 5.32 Å². The van der Waals surface area contributed by atoms with Gasteiger partial charge in [0.05, 0.1) is 13.2 Å². The van der Waals surface area contributed by atoms with Crippen molar-refractivity contribution in [2.75, 3.05) is 6.61 Å². The Morgan fingerprint density at radius 1 is 1.18 bits per heavy atom. The zero-order chi connectivity index (χ0) is 12.5. The van der Waals surface area contributed by atoms with Gasteiger partial charge in [0.1, 0.15) is 0 Å². The third-order valence-corrected chi connectivity index (χ3v) is 2.46. The molecule has 0 radical (unpaired) electrons. The molecule has 0 aliphatic rings. The van der Waals surface area contributed by atoms with E-state index >= 15 is 0 Å². The summed E-state index contributed by atoms with van der Waals surface area (Å²) in [5, 5.41) is 3.40. The molecule has 0 fully saturated rings. The van der Waals surface area contributed by atoms with E-state index in [-0.39, 0.29) is 0 Å². The molecule has 17 heavy (non-hydrogen) atoms. The Morgan fingerprint density at radius 3 is 2.41 bits per heavy atom. The standard InChI is InChI=1S/C15H23NO/c1-4-5-10-17-12-15-8-6-14(7-9-15)11-16-13(2)3/h4-9,13,16H,10-12H2,1-3H3/b5-4+. The van der Waals surface area contributed by atoms with Gasteiger partial charge in [-0.25, -0.2) is 0 Å². The van der Waals surface area contributed by atoms with Gasteiger partial charge in [0, 0.05) is 12.6 Å². The first-order valence-electron chi connectivity index (χ1n) is 6.22. The zero-order valence-electron chi connectivity index (χ0n) is 11.1. The van der Waals surface area contributed by atoms with E-state index in [4.69, 9.17) is 4.74 Å². The van der Waals surface area contributed by atoms with Crippen molar-refractivity contribution in [1.82, 2.24) is 5.32 Å². The van der Waals surface area contributed by atoms with Crippen molar-refractivity contribution < 1.29 is 4.74 Å². The highest BCUT2D eigenvalue weighted by Crippen LogP contribution is 2.06. The topological polar surface area (TPSA) is 21.3 Å². The second-order valence-electron chi connectivity index (χ2n) is 4.44. The van der Waals surface area contributed by atoms with Crippen LogP contribution >= 0.6 is 0 Å². The van der Waals surface area contributed by atoms with E-state index in [9.17, 15) is 0 Å². The number of allylic oxidation sites excluding steroid dienone is 1. The van der Waals surface area contributed by atoms with Crippen LogP contribution in [0.15, 0.2) is 36.4 Å². The highest BCUT2D eigenvalue weighted by atomic mass is 16.5. The van der Waals surface area contributed by atoms with Gasteiger partial charge in [0.2, 0.25) is 0 Å². The molecule has 0 unspecified atom stereocenters. The normalized spacial score (nSPS) is 11.5. The second-order valence-corrected chi connectivity index (χ2v) is 4.44.